The summed E-state index contributed by atoms with van der Waals surface area (Å²) in [5.41, 5.74) is 2.19. The monoisotopic (exact) mass is 400 g/mol. The maximum Gasteiger partial charge on any atom is 0.227 e. The molecule has 1 saturated heterocycles. The minimum atomic E-state index is -0.0263. The fourth-order valence-corrected chi connectivity index (χ4v) is 3.49. The summed E-state index contributed by atoms with van der Waals surface area (Å²) in [7, 11) is 0. The lowest BCUT2D eigenvalue weighted by molar-refractivity contribution is -0.122. The van der Waals surface area contributed by atoms with Crippen LogP contribution >= 0.6 is 0 Å². The van der Waals surface area contributed by atoms with Crippen LogP contribution in [0.2, 0.25) is 0 Å². The van der Waals surface area contributed by atoms with Crippen molar-refractivity contribution >= 4 is 5.91 Å². The van der Waals surface area contributed by atoms with Crippen LogP contribution in [0.1, 0.15) is 38.6 Å². The van der Waals surface area contributed by atoms with Gasteiger partial charge in [0.05, 0.1) is 12.7 Å². The second-order valence-corrected chi connectivity index (χ2v) is 8.01. The number of carbonyl (C=O) groups is 1. The lowest BCUT2D eigenvalue weighted by Gasteiger charge is -2.33. The SMILES string of the molecule is CCc1ccc(-c2noc(CCC(=O)NCC3CN(CC(C)C)CCO3)n2)cc1. The molecule has 0 aliphatic carbocycles. The van der Waals surface area contributed by atoms with Crippen molar-refractivity contribution in [3.63, 3.8) is 0 Å². The maximum atomic E-state index is 12.2. The number of benzene rings is 1. The third-order valence-electron chi connectivity index (χ3n) is 5.03. The molecule has 0 spiro atoms. The Balaban J connectivity index is 1.41. The van der Waals surface area contributed by atoms with Crippen molar-refractivity contribution in [1.29, 1.82) is 0 Å². The van der Waals surface area contributed by atoms with Gasteiger partial charge in [-0.1, -0.05) is 50.2 Å². The number of ether oxygens (including phenoxy) is 1. The molecule has 0 bridgehead atoms. The Bertz CT molecular complexity index is 773. The fourth-order valence-electron chi connectivity index (χ4n) is 3.49. The van der Waals surface area contributed by atoms with Gasteiger partial charge in [-0.15, -0.1) is 0 Å². The first-order valence-corrected chi connectivity index (χ1v) is 10.6. The number of amides is 1. The standard InChI is InChI=1S/C22H32N4O3/c1-4-17-5-7-18(8-6-17)22-24-21(29-25-22)10-9-20(27)23-13-19-15-26(11-12-28-19)14-16(2)3/h5-8,16,19H,4,9-15H2,1-3H3,(H,23,27). The minimum Gasteiger partial charge on any atom is -0.374 e. The van der Waals surface area contributed by atoms with Gasteiger partial charge < -0.3 is 14.6 Å². The summed E-state index contributed by atoms with van der Waals surface area (Å²) in [4.78, 5) is 19.0. The topological polar surface area (TPSA) is 80.5 Å². The lowest BCUT2D eigenvalue weighted by Crippen LogP contribution is -2.48. The van der Waals surface area contributed by atoms with Gasteiger partial charge in [-0.25, -0.2) is 0 Å². The van der Waals surface area contributed by atoms with Crippen LogP contribution in [-0.4, -0.2) is 59.8 Å². The first-order valence-electron chi connectivity index (χ1n) is 10.6. The van der Waals surface area contributed by atoms with Crippen molar-refractivity contribution in [1.82, 2.24) is 20.4 Å². The summed E-state index contributed by atoms with van der Waals surface area (Å²) in [6.45, 7) is 10.7. The highest BCUT2D eigenvalue weighted by Crippen LogP contribution is 2.17. The van der Waals surface area contributed by atoms with Crippen molar-refractivity contribution < 1.29 is 14.1 Å². The van der Waals surface area contributed by atoms with Gasteiger partial charge in [-0.05, 0) is 17.9 Å². The van der Waals surface area contributed by atoms with E-state index >= 15 is 0 Å². The Morgan fingerprint density at radius 2 is 2.10 bits per heavy atom. The molecule has 2 heterocycles. The third-order valence-corrected chi connectivity index (χ3v) is 5.03. The van der Waals surface area contributed by atoms with E-state index in [1.807, 2.05) is 12.1 Å². The normalized spacial score (nSPS) is 17.6. The number of aryl methyl sites for hydroxylation is 2. The minimum absolute atomic E-state index is 0.0263. The zero-order valence-electron chi connectivity index (χ0n) is 17.7. The molecule has 1 aliphatic heterocycles. The van der Waals surface area contributed by atoms with E-state index in [1.165, 1.54) is 5.56 Å². The van der Waals surface area contributed by atoms with Crippen LogP contribution in [0.3, 0.4) is 0 Å². The number of carbonyl (C=O) groups excluding carboxylic acids is 1. The number of morpholine rings is 1. The number of aromatic nitrogens is 2. The maximum absolute atomic E-state index is 12.2. The molecular formula is C22H32N4O3. The van der Waals surface area contributed by atoms with E-state index in [1.54, 1.807) is 0 Å². The van der Waals surface area contributed by atoms with E-state index in [9.17, 15) is 4.79 Å². The summed E-state index contributed by atoms with van der Waals surface area (Å²) < 4.78 is 11.1. The van der Waals surface area contributed by atoms with Gasteiger partial charge in [-0.3, -0.25) is 9.69 Å². The van der Waals surface area contributed by atoms with Gasteiger partial charge in [-0.2, -0.15) is 4.98 Å². The van der Waals surface area contributed by atoms with Crippen molar-refractivity contribution in [2.45, 2.75) is 46.1 Å². The zero-order valence-corrected chi connectivity index (χ0v) is 17.7. The van der Waals surface area contributed by atoms with Crippen LogP contribution in [0.25, 0.3) is 11.4 Å². The van der Waals surface area contributed by atoms with Crippen LogP contribution in [0.4, 0.5) is 0 Å². The Hall–Kier alpha value is -2.25. The average molecular weight is 401 g/mol. The first kappa shape index (κ1) is 21.5. The van der Waals surface area contributed by atoms with Gasteiger partial charge in [0, 0.05) is 44.6 Å². The predicted octanol–water partition coefficient (Wildman–Crippen LogP) is 2.70. The van der Waals surface area contributed by atoms with E-state index in [4.69, 9.17) is 9.26 Å². The van der Waals surface area contributed by atoms with Crippen LogP contribution in [-0.2, 0) is 22.4 Å². The van der Waals surface area contributed by atoms with E-state index in [2.05, 4.69) is 53.3 Å². The molecule has 1 fully saturated rings. The number of hydrogen-bond acceptors (Lipinski definition) is 6. The summed E-state index contributed by atoms with van der Waals surface area (Å²) in [6, 6.07) is 8.11. The summed E-state index contributed by atoms with van der Waals surface area (Å²) in [6.07, 6.45) is 1.79. The van der Waals surface area contributed by atoms with E-state index in [0.717, 1.165) is 38.2 Å². The molecular weight excluding hydrogens is 368 g/mol. The molecule has 29 heavy (non-hydrogen) atoms. The number of rotatable bonds is 9. The zero-order chi connectivity index (χ0) is 20.6. The fraction of sp³-hybridized carbons (Fsp3) is 0.591. The van der Waals surface area contributed by atoms with Gasteiger partial charge in [0.15, 0.2) is 0 Å². The van der Waals surface area contributed by atoms with Crippen molar-refractivity contribution in [3.8, 4) is 11.4 Å². The van der Waals surface area contributed by atoms with Gasteiger partial charge >= 0.3 is 0 Å². The molecule has 3 rings (SSSR count). The largest absolute Gasteiger partial charge is 0.374 e. The molecule has 158 valence electrons. The van der Waals surface area contributed by atoms with Gasteiger partial charge in [0.2, 0.25) is 17.6 Å². The molecule has 1 amide bonds. The molecule has 0 saturated carbocycles. The number of nitrogens with zero attached hydrogens (tertiary/aromatic N) is 3. The molecule has 1 aliphatic rings. The predicted molar refractivity (Wildman–Crippen MR) is 111 cm³/mol. The van der Waals surface area contributed by atoms with Crippen LogP contribution < -0.4 is 5.32 Å². The van der Waals surface area contributed by atoms with E-state index in [-0.39, 0.29) is 12.0 Å². The highest BCUT2D eigenvalue weighted by Gasteiger charge is 2.21. The Labute approximate surface area is 172 Å². The molecule has 1 aromatic carbocycles. The summed E-state index contributed by atoms with van der Waals surface area (Å²) in [5, 5.41) is 7.00. The first-order chi connectivity index (χ1) is 14.0. The quantitative estimate of drug-likeness (QED) is 0.697. The Morgan fingerprint density at radius 3 is 2.83 bits per heavy atom. The van der Waals surface area contributed by atoms with E-state index in [0.29, 0.717) is 37.0 Å². The lowest BCUT2D eigenvalue weighted by atomic mass is 10.1. The molecule has 1 unspecified atom stereocenters. The molecule has 7 heteroatoms. The average Bonchev–Trinajstić information content (AvgIpc) is 3.20. The van der Waals surface area contributed by atoms with Crippen molar-refractivity contribution in [2.24, 2.45) is 5.92 Å². The van der Waals surface area contributed by atoms with Crippen molar-refractivity contribution in [2.75, 3.05) is 32.8 Å². The highest BCUT2D eigenvalue weighted by atomic mass is 16.5. The van der Waals surface area contributed by atoms with E-state index < -0.39 is 0 Å². The van der Waals surface area contributed by atoms with Crippen LogP contribution in [0, 0.1) is 5.92 Å². The van der Waals surface area contributed by atoms with Crippen LogP contribution in [0.5, 0.6) is 0 Å². The summed E-state index contributed by atoms with van der Waals surface area (Å²) >= 11 is 0. The smallest absolute Gasteiger partial charge is 0.227 e. The molecule has 2 aromatic rings. The second kappa shape index (κ2) is 10.5. The number of hydrogen-bond donors (Lipinski definition) is 1. The van der Waals surface area contributed by atoms with Gasteiger partial charge in [0.25, 0.3) is 0 Å². The van der Waals surface area contributed by atoms with Crippen molar-refractivity contribution in [3.05, 3.63) is 35.7 Å². The van der Waals surface area contributed by atoms with Crippen LogP contribution in [0.15, 0.2) is 28.8 Å². The Kier molecular flexibility index (Phi) is 7.77. The molecule has 1 atom stereocenters. The summed E-state index contributed by atoms with van der Waals surface area (Å²) in [5.74, 6) is 1.64. The Morgan fingerprint density at radius 1 is 1.31 bits per heavy atom. The molecule has 1 N–H and O–H groups in total. The molecule has 7 nitrogen and oxygen atoms in total. The highest BCUT2D eigenvalue weighted by molar-refractivity contribution is 5.76. The third kappa shape index (κ3) is 6.65. The molecule has 1 aromatic heterocycles. The second-order valence-electron chi connectivity index (χ2n) is 8.01. The number of nitrogens with one attached hydrogen (secondary N) is 1. The molecule has 0 radical (unpaired) electrons. The van der Waals surface area contributed by atoms with Gasteiger partial charge in [0.1, 0.15) is 0 Å².